The summed E-state index contributed by atoms with van der Waals surface area (Å²) in [7, 11) is 0. The number of ketones is 1. The largest absolute Gasteiger partial charge is 0.277 e. The number of benzene rings is 1. The summed E-state index contributed by atoms with van der Waals surface area (Å²) in [5.41, 5.74) is -0.492. The van der Waals surface area contributed by atoms with Crippen molar-refractivity contribution in [3.8, 4) is 12.1 Å². The molecule has 0 amide bonds. The number of halogens is 4. The van der Waals surface area contributed by atoms with Crippen molar-refractivity contribution < 1.29 is 4.79 Å². The number of nitriles is 2. The highest BCUT2D eigenvalue weighted by Crippen LogP contribution is 2.40. The van der Waals surface area contributed by atoms with Crippen molar-refractivity contribution in [1.29, 1.82) is 10.5 Å². The first-order valence-corrected chi connectivity index (χ1v) is 5.17. The van der Waals surface area contributed by atoms with E-state index >= 15 is 0 Å². The lowest BCUT2D eigenvalue weighted by molar-refractivity contribution is 0.105. The average Bonchev–Trinajstić information content (AvgIpc) is 2.27. The maximum Gasteiger partial charge on any atom is 0.265 e. The quantitative estimate of drug-likeness (QED) is 0.342. The van der Waals surface area contributed by atoms with Gasteiger partial charge in [-0.25, -0.2) is 0 Å². The molecule has 7 heteroatoms. The first-order valence-electron chi connectivity index (χ1n) is 3.66. The third-order valence-corrected chi connectivity index (χ3v) is 3.41. The maximum absolute atomic E-state index is 11.2. The number of nitrogens with zero attached hydrogens (tertiary/aromatic N) is 2. The van der Waals surface area contributed by atoms with Gasteiger partial charge in [0, 0.05) is 0 Å². The number of carbonyl (C=O) groups is 1. The summed E-state index contributed by atoms with van der Waals surface area (Å²) in [6, 6.07) is 3.02. The molecular formula is C9Cl4N2O. The Bertz CT molecular complexity index is 569. The zero-order valence-corrected chi connectivity index (χ0v) is 10.3. The first-order chi connectivity index (χ1) is 7.45. The number of rotatable bonds is 1. The summed E-state index contributed by atoms with van der Waals surface area (Å²) in [5, 5.41) is 16.4. The summed E-state index contributed by atoms with van der Waals surface area (Å²) in [6.45, 7) is 0. The number of hydrogen-bond donors (Lipinski definition) is 0. The Labute approximate surface area is 111 Å². The Morgan fingerprint density at radius 1 is 0.938 bits per heavy atom. The lowest BCUT2D eigenvalue weighted by atomic mass is 10.1. The molecule has 1 aromatic carbocycles. The molecule has 1 aromatic rings. The zero-order valence-electron chi connectivity index (χ0n) is 7.31. The molecule has 0 aromatic heterocycles. The highest BCUT2D eigenvalue weighted by atomic mass is 35.5. The van der Waals surface area contributed by atoms with Gasteiger partial charge >= 0.3 is 0 Å². The molecule has 0 aliphatic rings. The predicted octanol–water partition coefficient (Wildman–Crippen LogP) is 3.88. The fourth-order valence-electron chi connectivity index (χ4n) is 0.987. The van der Waals surface area contributed by atoms with E-state index in [4.69, 9.17) is 56.9 Å². The van der Waals surface area contributed by atoms with Gasteiger partial charge in [-0.15, -0.1) is 0 Å². The third kappa shape index (κ3) is 1.96. The number of Topliss-reactive ketones (excluding diaryl/α,β-unsaturated/α-hetero) is 1. The Morgan fingerprint density at radius 2 is 1.50 bits per heavy atom. The summed E-state index contributed by atoms with van der Waals surface area (Å²) in [4.78, 5) is 11.2. The van der Waals surface area contributed by atoms with Gasteiger partial charge in [-0.3, -0.25) is 4.79 Å². The standard InChI is InChI=1S/C9Cl4N2O/c10-6-3(1-14)7(11)9(13)8(12)5(6)4(16)2-15. The molecule has 0 atom stereocenters. The van der Waals surface area contributed by atoms with Crippen LogP contribution in [-0.4, -0.2) is 5.78 Å². The molecule has 0 unspecified atom stereocenters. The van der Waals surface area contributed by atoms with Crippen LogP contribution >= 0.6 is 46.4 Å². The Kier molecular flexibility index (Phi) is 4.02. The van der Waals surface area contributed by atoms with Crippen molar-refractivity contribution in [3.63, 3.8) is 0 Å². The Balaban J connectivity index is 3.79. The van der Waals surface area contributed by atoms with E-state index in [0.717, 1.165) is 0 Å². The first kappa shape index (κ1) is 13.1. The molecule has 0 aliphatic heterocycles. The topological polar surface area (TPSA) is 64.7 Å². The van der Waals surface area contributed by atoms with Crippen LogP contribution in [0.2, 0.25) is 20.1 Å². The van der Waals surface area contributed by atoms with Gasteiger partial charge in [-0.2, -0.15) is 10.5 Å². The van der Waals surface area contributed by atoms with Gasteiger partial charge in [0.1, 0.15) is 12.1 Å². The summed E-state index contributed by atoms with van der Waals surface area (Å²) < 4.78 is 0. The van der Waals surface area contributed by atoms with Crippen LogP contribution in [0, 0.1) is 22.7 Å². The minimum absolute atomic E-state index is 0.145. The van der Waals surface area contributed by atoms with Gasteiger partial charge in [-0.1, -0.05) is 46.4 Å². The molecule has 1 rings (SSSR count). The molecule has 80 valence electrons. The van der Waals surface area contributed by atoms with Gasteiger partial charge in [0.15, 0.2) is 0 Å². The lowest BCUT2D eigenvalue weighted by Gasteiger charge is -2.08. The summed E-state index contributed by atoms with van der Waals surface area (Å²) in [5.74, 6) is -0.981. The summed E-state index contributed by atoms with van der Waals surface area (Å²) >= 11 is 22.9. The lowest BCUT2D eigenvalue weighted by Crippen LogP contribution is -2.00. The van der Waals surface area contributed by atoms with Gasteiger partial charge in [0.05, 0.1) is 31.2 Å². The normalized spacial score (nSPS) is 9.38. The van der Waals surface area contributed by atoms with Crippen molar-refractivity contribution in [2.75, 3.05) is 0 Å². The zero-order chi connectivity index (χ0) is 12.5. The van der Waals surface area contributed by atoms with E-state index in [9.17, 15) is 4.79 Å². The fourth-order valence-corrected chi connectivity index (χ4v) is 2.14. The highest BCUT2D eigenvalue weighted by Gasteiger charge is 2.24. The minimum Gasteiger partial charge on any atom is -0.277 e. The molecule has 0 radical (unpaired) electrons. The fraction of sp³-hybridized carbons (Fsp3) is 0. The van der Waals surface area contributed by atoms with Crippen molar-refractivity contribution in [2.24, 2.45) is 0 Å². The summed E-state index contributed by atoms with van der Waals surface area (Å²) in [6.07, 6.45) is 0. The molecule has 0 fully saturated rings. The van der Waals surface area contributed by atoms with Gasteiger partial charge < -0.3 is 0 Å². The molecule has 0 spiro atoms. The van der Waals surface area contributed by atoms with Crippen molar-refractivity contribution in [3.05, 3.63) is 31.2 Å². The van der Waals surface area contributed by atoms with E-state index in [2.05, 4.69) is 0 Å². The molecular weight excluding hydrogens is 294 g/mol. The molecule has 0 bridgehead atoms. The third-order valence-electron chi connectivity index (χ3n) is 1.70. The number of carbonyl (C=O) groups excluding carboxylic acids is 1. The smallest absolute Gasteiger partial charge is 0.265 e. The molecule has 0 saturated carbocycles. The van der Waals surface area contributed by atoms with Crippen LogP contribution in [0.15, 0.2) is 0 Å². The monoisotopic (exact) mass is 292 g/mol. The van der Waals surface area contributed by atoms with E-state index in [1.165, 1.54) is 6.07 Å². The van der Waals surface area contributed by atoms with Crippen molar-refractivity contribution in [1.82, 2.24) is 0 Å². The SMILES string of the molecule is N#CC(=O)c1c(Cl)c(Cl)c(Cl)c(C#N)c1Cl. The van der Waals surface area contributed by atoms with Crippen LogP contribution < -0.4 is 0 Å². The van der Waals surface area contributed by atoms with Crippen LogP contribution in [-0.2, 0) is 0 Å². The van der Waals surface area contributed by atoms with Crippen LogP contribution in [0.1, 0.15) is 15.9 Å². The van der Waals surface area contributed by atoms with Crippen LogP contribution in [0.5, 0.6) is 0 Å². The molecule has 3 nitrogen and oxygen atoms in total. The molecule has 0 saturated heterocycles. The van der Waals surface area contributed by atoms with Crippen molar-refractivity contribution >= 4 is 52.2 Å². The second kappa shape index (κ2) is 4.91. The molecule has 16 heavy (non-hydrogen) atoms. The maximum atomic E-state index is 11.2. The second-order valence-electron chi connectivity index (χ2n) is 2.56. The average molecular weight is 294 g/mol. The Hall–Kier alpha value is -0.970. The van der Waals surface area contributed by atoms with E-state index in [0.29, 0.717) is 0 Å². The van der Waals surface area contributed by atoms with Crippen LogP contribution in [0.3, 0.4) is 0 Å². The van der Waals surface area contributed by atoms with E-state index in [-0.39, 0.29) is 31.2 Å². The molecule has 0 heterocycles. The number of hydrogen-bond acceptors (Lipinski definition) is 3. The van der Waals surface area contributed by atoms with Crippen molar-refractivity contribution in [2.45, 2.75) is 0 Å². The van der Waals surface area contributed by atoms with E-state index < -0.39 is 5.78 Å². The van der Waals surface area contributed by atoms with Crippen LogP contribution in [0.4, 0.5) is 0 Å². The molecule has 0 aliphatic carbocycles. The highest BCUT2D eigenvalue weighted by molar-refractivity contribution is 6.52. The minimum atomic E-state index is -0.981. The van der Waals surface area contributed by atoms with Gasteiger partial charge in [-0.05, 0) is 0 Å². The van der Waals surface area contributed by atoms with Gasteiger partial charge in [0.2, 0.25) is 0 Å². The molecule has 0 N–H and O–H groups in total. The van der Waals surface area contributed by atoms with E-state index in [1.807, 2.05) is 0 Å². The predicted molar refractivity (Wildman–Crippen MR) is 61.1 cm³/mol. The van der Waals surface area contributed by atoms with Gasteiger partial charge in [0.25, 0.3) is 5.78 Å². The Morgan fingerprint density at radius 3 is 1.94 bits per heavy atom. The van der Waals surface area contributed by atoms with E-state index in [1.54, 1.807) is 6.07 Å². The second-order valence-corrected chi connectivity index (χ2v) is 4.07. The van der Waals surface area contributed by atoms with Crippen LogP contribution in [0.25, 0.3) is 0 Å².